The van der Waals surface area contributed by atoms with E-state index in [4.69, 9.17) is 0 Å². The monoisotopic (exact) mass is 367 g/mol. The number of rotatable bonds is 0. The lowest BCUT2D eigenvalue weighted by Gasteiger charge is -1.99. The van der Waals surface area contributed by atoms with Crippen molar-refractivity contribution in [1.29, 1.82) is 0 Å². The van der Waals surface area contributed by atoms with Crippen LogP contribution in [0.15, 0.2) is 10.5 Å². The largest absolute Gasteiger partial charge is 0.240 e. The van der Waals surface area contributed by atoms with Crippen LogP contribution >= 0.6 is 49.9 Å². The normalized spacial score (nSPS) is 11.1. The van der Waals surface area contributed by atoms with Gasteiger partial charge in [0.2, 0.25) is 0 Å². The Labute approximate surface area is 103 Å². The maximum absolute atomic E-state index is 4.52. The van der Waals surface area contributed by atoms with Gasteiger partial charge in [-0.15, -0.1) is 11.3 Å². The van der Waals surface area contributed by atoms with Crippen molar-refractivity contribution < 1.29 is 0 Å². The summed E-state index contributed by atoms with van der Waals surface area (Å²) in [7, 11) is 0. The van der Waals surface area contributed by atoms with Crippen LogP contribution in [-0.4, -0.2) is 4.98 Å². The zero-order valence-electron chi connectivity index (χ0n) is 7.19. The second-order valence-corrected chi connectivity index (χ2v) is 6.04. The summed E-state index contributed by atoms with van der Waals surface area (Å²) in [5.74, 6) is 0. The Bertz CT molecular complexity index is 478. The second kappa shape index (κ2) is 3.47. The molecule has 0 fully saturated rings. The molecular formula is C9H7BrINS. The molecule has 68 valence electrons. The topological polar surface area (TPSA) is 12.9 Å². The van der Waals surface area contributed by atoms with Gasteiger partial charge in [0.05, 0.1) is 18.8 Å². The van der Waals surface area contributed by atoms with Crippen molar-refractivity contribution >= 4 is 60.1 Å². The first-order valence-corrected chi connectivity index (χ1v) is 6.50. The minimum absolute atomic E-state index is 1.13. The molecule has 0 saturated carbocycles. The van der Waals surface area contributed by atoms with E-state index < -0.39 is 0 Å². The Morgan fingerprint density at radius 2 is 2.15 bits per heavy atom. The molecule has 0 spiro atoms. The first-order chi connectivity index (χ1) is 6.09. The highest BCUT2D eigenvalue weighted by Crippen LogP contribution is 2.33. The fourth-order valence-corrected chi connectivity index (χ4v) is 3.43. The predicted molar refractivity (Wildman–Crippen MR) is 69.5 cm³/mol. The van der Waals surface area contributed by atoms with E-state index >= 15 is 0 Å². The summed E-state index contributed by atoms with van der Waals surface area (Å²) in [6.45, 7) is 4.18. The molecule has 0 amide bonds. The van der Waals surface area contributed by atoms with Crippen LogP contribution < -0.4 is 0 Å². The molecule has 0 unspecified atom stereocenters. The Morgan fingerprint density at radius 3 is 2.85 bits per heavy atom. The van der Waals surface area contributed by atoms with Gasteiger partial charge in [-0.3, -0.25) is 0 Å². The molecule has 0 N–H and O–H groups in total. The Balaban J connectivity index is 2.95. The van der Waals surface area contributed by atoms with Gasteiger partial charge in [0.25, 0.3) is 0 Å². The van der Waals surface area contributed by atoms with Crippen molar-refractivity contribution in [3.63, 3.8) is 0 Å². The summed E-state index contributed by atoms with van der Waals surface area (Å²) < 4.78 is 3.66. The van der Waals surface area contributed by atoms with E-state index in [0.29, 0.717) is 0 Å². The minimum atomic E-state index is 1.13. The third-order valence-corrected chi connectivity index (χ3v) is 5.42. The highest BCUT2D eigenvalue weighted by molar-refractivity contribution is 14.1. The van der Waals surface area contributed by atoms with Gasteiger partial charge in [-0.05, 0) is 64.0 Å². The van der Waals surface area contributed by atoms with E-state index in [-0.39, 0.29) is 0 Å². The Kier molecular flexibility index (Phi) is 2.63. The predicted octanol–water partition coefficient (Wildman–Crippen LogP) is 4.28. The Morgan fingerprint density at radius 1 is 1.46 bits per heavy atom. The Hall–Kier alpha value is 0.320. The lowest BCUT2D eigenvalue weighted by molar-refractivity contribution is 1.33. The number of nitrogens with zero attached hydrogens (tertiary/aromatic N) is 1. The standard InChI is InChI=1S/C9H7BrINS/c1-4-3-6(10)7(11)8-9(4)13-5(2)12-8/h3H,1-2H3. The molecule has 1 aromatic heterocycles. The van der Waals surface area contributed by atoms with Crippen molar-refractivity contribution in [1.82, 2.24) is 4.98 Å². The maximum atomic E-state index is 4.52. The molecule has 2 rings (SSSR count). The third kappa shape index (κ3) is 1.64. The lowest BCUT2D eigenvalue weighted by atomic mass is 10.2. The van der Waals surface area contributed by atoms with Crippen molar-refractivity contribution in [3.8, 4) is 0 Å². The van der Waals surface area contributed by atoms with Gasteiger partial charge in [0.1, 0.15) is 0 Å². The number of halogens is 2. The number of fused-ring (bicyclic) bond motifs is 1. The number of hydrogen-bond acceptors (Lipinski definition) is 2. The third-order valence-electron chi connectivity index (χ3n) is 1.85. The van der Waals surface area contributed by atoms with Crippen LogP contribution in [0.1, 0.15) is 10.6 Å². The van der Waals surface area contributed by atoms with Crippen molar-refractivity contribution in [3.05, 3.63) is 24.7 Å². The van der Waals surface area contributed by atoms with E-state index in [1.807, 2.05) is 6.92 Å². The van der Waals surface area contributed by atoms with Crippen LogP contribution in [0.2, 0.25) is 0 Å². The smallest absolute Gasteiger partial charge is 0.0962 e. The maximum Gasteiger partial charge on any atom is 0.0962 e. The van der Waals surface area contributed by atoms with E-state index in [0.717, 1.165) is 15.0 Å². The summed E-state index contributed by atoms with van der Waals surface area (Å²) >= 11 is 7.63. The highest BCUT2D eigenvalue weighted by atomic mass is 127. The van der Waals surface area contributed by atoms with Crippen molar-refractivity contribution in [2.75, 3.05) is 0 Å². The zero-order chi connectivity index (χ0) is 9.59. The van der Waals surface area contributed by atoms with E-state index in [1.165, 1.54) is 13.8 Å². The summed E-state index contributed by atoms with van der Waals surface area (Å²) in [5.41, 5.74) is 2.43. The number of aryl methyl sites for hydroxylation is 2. The molecule has 0 aliphatic heterocycles. The molecule has 1 heterocycles. The molecule has 4 heteroatoms. The van der Waals surface area contributed by atoms with Gasteiger partial charge in [0, 0.05) is 4.47 Å². The van der Waals surface area contributed by atoms with E-state index in [9.17, 15) is 0 Å². The molecule has 0 aliphatic carbocycles. The van der Waals surface area contributed by atoms with Crippen molar-refractivity contribution in [2.45, 2.75) is 13.8 Å². The number of benzene rings is 1. The molecule has 0 atom stereocenters. The van der Waals surface area contributed by atoms with Crippen LogP contribution in [0, 0.1) is 17.4 Å². The summed E-state index contributed by atoms with van der Waals surface area (Å²) in [6.07, 6.45) is 0. The fourth-order valence-electron chi connectivity index (χ4n) is 1.28. The second-order valence-electron chi connectivity index (χ2n) is 2.90. The van der Waals surface area contributed by atoms with Crippen LogP contribution in [0.5, 0.6) is 0 Å². The minimum Gasteiger partial charge on any atom is -0.240 e. The van der Waals surface area contributed by atoms with Crippen LogP contribution in [0.4, 0.5) is 0 Å². The van der Waals surface area contributed by atoms with Crippen LogP contribution in [-0.2, 0) is 0 Å². The van der Waals surface area contributed by atoms with Gasteiger partial charge in [-0.1, -0.05) is 0 Å². The molecule has 1 aromatic carbocycles. The average molecular weight is 368 g/mol. The first kappa shape index (κ1) is 9.86. The fraction of sp³-hybridized carbons (Fsp3) is 0.222. The van der Waals surface area contributed by atoms with Gasteiger partial charge >= 0.3 is 0 Å². The molecule has 0 saturated heterocycles. The highest BCUT2D eigenvalue weighted by Gasteiger charge is 2.10. The quantitative estimate of drug-likeness (QED) is 0.633. The molecule has 1 nitrogen and oxygen atoms in total. The SMILES string of the molecule is Cc1nc2c(I)c(Br)cc(C)c2s1. The van der Waals surface area contributed by atoms with Crippen LogP contribution in [0.25, 0.3) is 10.2 Å². The molecule has 0 aliphatic rings. The zero-order valence-corrected chi connectivity index (χ0v) is 11.7. The first-order valence-electron chi connectivity index (χ1n) is 3.81. The molecular weight excluding hydrogens is 361 g/mol. The van der Waals surface area contributed by atoms with E-state index in [2.05, 4.69) is 56.5 Å². The number of thiazole rings is 1. The average Bonchev–Trinajstić information content (AvgIpc) is 2.44. The summed E-state index contributed by atoms with van der Waals surface area (Å²) in [5, 5.41) is 1.13. The molecule has 2 aromatic rings. The van der Waals surface area contributed by atoms with Gasteiger partial charge in [-0.25, -0.2) is 4.98 Å². The molecule has 13 heavy (non-hydrogen) atoms. The van der Waals surface area contributed by atoms with Gasteiger partial charge < -0.3 is 0 Å². The van der Waals surface area contributed by atoms with Crippen LogP contribution in [0.3, 0.4) is 0 Å². The number of hydrogen-bond donors (Lipinski definition) is 0. The molecule has 0 radical (unpaired) electrons. The summed E-state index contributed by atoms with van der Waals surface area (Å²) in [4.78, 5) is 4.52. The molecule has 0 bridgehead atoms. The van der Waals surface area contributed by atoms with E-state index in [1.54, 1.807) is 11.3 Å². The number of aromatic nitrogens is 1. The van der Waals surface area contributed by atoms with Crippen molar-refractivity contribution in [2.24, 2.45) is 0 Å². The summed E-state index contributed by atoms with van der Waals surface area (Å²) in [6, 6.07) is 2.15. The van der Waals surface area contributed by atoms with Gasteiger partial charge in [0.15, 0.2) is 0 Å². The lowest BCUT2D eigenvalue weighted by Crippen LogP contribution is -1.81. The van der Waals surface area contributed by atoms with Gasteiger partial charge in [-0.2, -0.15) is 0 Å².